The van der Waals surface area contributed by atoms with Crippen LogP contribution in [-0.2, 0) is 20.6 Å². The van der Waals surface area contributed by atoms with Gasteiger partial charge in [-0.05, 0) is 49.8 Å². The molecule has 11 heteroatoms. The number of carbonyl (C=O) groups excluding carboxylic acids is 3. The summed E-state index contributed by atoms with van der Waals surface area (Å²) < 4.78 is 40.1. The third-order valence-corrected chi connectivity index (χ3v) is 6.83. The van der Waals surface area contributed by atoms with Gasteiger partial charge >= 0.3 is 6.18 Å². The van der Waals surface area contributed by atoms with Gasteiger partial charge in [-0.2, -0.15) is 18.4 Å². The van der Waals surface area contributed by atoms with E-state index in [2.05, 4.69) is 10.6 Å². The molecular weight excluding hydrogens is 463 g/mol. The Balaban J connectivity index is 1.70. The van der Waals surface area contributed by atoms with Crippen LogP contribution in [0.3, 0.4) is 0 Å². The van der Waals surface area contributed by atoms with Crippen molar-refractivity contribution in [2.75, 3.05) is 44.2 Å². The molecule has 2 heterocycles. The Morgan fingerprint density at radius 3 is 2.40 bits per heavy atom. The number of alkyl halides is 3. The lowest BCUT2D eigenvalue weighted by Crippen LogP contribution is -2.41. The highest BCUT2D eigenvalue weighted by atomic mass is 19.4. The zero-order valence-corrected chi connectivity index (χ0v) is 19.8. The molecule has 2 aliphatic heterocycles. The van der Waals surface area contributed by atoms with Crippen molar-refractivity contribution in [1.29, 1.82) is 5.26 Å². The number of nitrogens with zero attached hydrogens (tertiary/aromatic N) is 3. The summed E-state index contributed by atoms with van der Waals surface area (Å²) >= 11 is 0. The average Bonchev–Trinajstić information content (AvgIpc) is 3.27. The SMILES string of the molecule is CCNC(=O)[C@@H]1CN(C(=O)CNC(C)=O)C[C@H]1C1CCN(c2ccc(C#N)c(C(F)(F)F)c2)CC1. The van der Waals surface area contributed by atoms with Gasteiger partial charge in [-0.3, -0.25) is 14.4 Å². The number of hydrogen-bond acceptors (Lipinski definition) is 5. The molecule has 0 aliphatic carbocycles. The second-order valence-corrected chi connectivity index (χ2v) is 9.04. The summed E-state index contributed by atoms with van der Waals surface area (Å²) in [6, 6.07) is 5.35. The Morgan fingerprint density at radius 1 is 1.14 bits per heavy atom. The van der Waals surface area contributed by atoms with Crippen LogP contribution in [0.25, 0.3) is 0 Å². The van der Waals surface area contributed by atoms with Crippen LogP contribution in [0.2, 0.25) is 0 Å². The lowest BCUT2D eigenvalue weighted by Gasteiger charge is -2.37. The number of anilines is 1. The quantitative estimate of drug-likeness (QED) is 0.632. The molecule has 8 nitrogen and oxygen atoms in total. The van der Waals surface area contributed by atoms with Gasteiger partial charge in [0.1, 0.15) is 0 Å². The van der Waals surface area contributed by atoms with Crippen LogP contribution < -0.4 is 15.5 Å². The fraction of sp³-hybridized carbons (Fsp3) is 0.583. The number of nitrogens with one attached hydrogen (secondary N) is 2. The molecular formula is C24H30F3N5O3. The molecule has 0 saturated carbocycles. The summed E-state index contributed by atoms with van der Waals surface area (Å²) in [5.41, 5.74) is -0.940. The fourth-order valence-electron chi connectivity index (χ4n) is 5.05. The third-order valence-electron chi connectivity index (χ3n) is 6.83. The van der Waals surface area contributed by atoms with Gasteiger partial charge in [0.2, 0.25) is 17.7 Å². The van der Waals surface area contributed by atoms with Crippen molar-refractivity contribution in [3.05, 3.63) is 29.3 Å². The van der Waals surface area contributed by atoms with Crippen LogP contribution in [0.15, 0.2) is 18.2 Å². The summed E-state index contributed by atoms with van der Waals surface area (Å²) in [4.78, 5) is 40.0. The Hall–Kier alpha value is -3.29. The number of amides is 3. The van der Waals surface area contributed by atoms with Gasteiger partial charge in [-0.1, -0.05) is 0 Å². The first-order valence-electron chi connectivity index (χ1n) is 11.7. The maximum absolute atomic E-state index is 13.4. The normalized spacial score (nSPS) is 20.9. The molecule has 1 aromatic carbocycles. The Morgan fingerprint density at radius 2 is 1.83 bits per heavy atom. The van der Waals surface area contributed by atoms with Crippen LogP contribution in [-0.4, -0.2) is 61.9 Å². The van der Waals surface area contributed by atoms with Gasteiger partial charge in [0.25, 0.3) is 0 Å². The van der Waals surface area contributed by atoms with E-state index in [-0.39, 0.29) is 48.6 Å². The molecule has 35 heavy (non-hydrogen) atoms. The van der Waals surface area contributed by atoms with Gasteiger partial charge < -0.3 is 20.4 Å². The fourth-order valence-corrected chi connectivity index (χ4v) is 5.05. The van der Waals surface area contributed by atoms with E-state index in [1.54, 1.807) is 11.0 Å². The molecule has 2 fully saturated rings. The zero-order valence-electron chi connectivity index (χ0n) is 19.8. The first-order chi connectivity index (χ1) is 16.5. The maximum atomic E-state index is 13.4. The van der Waals surface area contributed by atoms with Gasteiger partial charge in [-0.25, -0.2) is 0 Å². The highest BCUT2D eigenvalue weighted by molar-refractivity contribution is 5.85. The second kappa shape index (κ2) is 11.0. The van der Waals surface area contributed by atoms with Gasteiger partial charge in [0.05, 0.1) is 29.7 Å². The number of piperidine rings is 1. The summed E-state index contributed by atoms with van der Waals surface area (Å²) in [6.45, 7) is 5.20. The van der Waals surface area contributed by atoms with Crippen LogP contribution >= 0.6 is 0 Å². The van der Waals surface area contributed by atoms with Crippen LogP contribution in [0.1, 0.15) is 37.8 Å². The van der Waals surface area contributed by atoms with Crippen molar-refractivity contribution in [1.82, 2.24) is 15.5 Å². The summed E-state index contributed by atoms with van der Waals surface area (Å²) in [5.74, 6) is -0.990. The van der Waals surface area contributed by atoms with E-state index in [0.717, 1.165) is 6.07 Å². The highest BCUT2D eigenvalue weighted by Crippen LogP contribution is 2.39. The monoisotopic (exact) mass is 493 g/mol. The molecule has 2 saturated heterocycles. The van der Waals surface area contributed by atoms with E-state index in [0.29, 0.717) is 44.7 Å². The largest absolute Gasteiger partial charge is 0.417 e. The van der Waals surface area contributed by atoms with Gasteiger partial charge in [0.15, 0.2) is 0 Å². The van der Waals surface area contributed by atoms with Crippen molar-refractivity contribution in [3.8, 4) is 6.07 Å². The van der Waals surface area contributed by atoms with E-state index < -0.39 is 17.3 Å². The van der Waals surface area contributed by atoms with Crippen LogP contribution in [0.5, 0.6) is 0 Å². The summed E-state index contributed by atoms with van der Waals surface area (Å²) in [7, 11) is 0. The number of hydrogen-bond donors (Lipinski definition) is 2. The first-order valence-corrected chi connectivity index (χ1v) is 11.7. The summed E-state index contributed by atoms with van der Waals surface area (Å²) in [5, 5.41) is 14.4. The minimum absolute atomic E-state index is 0.0725. The van der Waals surface area contributed by atoms with Crippen molar-refractivity contribution in [2.24, 2.45) is 17.8 Å². The standard InChI is InChI=1S/C24H30F3N5O3/c1-3-29-23(35)20-14-32(22(34)12-30-15(2)33)13-19(20)16-6-8-31(9-7-16)18-5-4-17(11-28)21(10-18)24(25,26)27/h4-5,10,16,19-20H,3,6-9,12-14H2,1-2H3,(H,29,35)(H,30,33)/t19-,20+/m0/s1. The number of carbonyl (C=O) groups is 3. The van der Waals surface area contributed by atoms with E-state index in [9.17, 15) is 27.6 Å². The molecule has 0 radical (unpaired) electrons. The van der Waals surface area contributed by atoms with Crippen molar-refractivity contribution < 1.29 is 27.6 Å². The second-order valence-electron chi connectivity index (χ2n) is 9.04. The van der Waals surface area contributed by atoms with E-state index in [4.69, 9.17) is 5.26 Å². The summed E-state index contributed by atoms with van der Waals surface area (Å²) in [6.07, 6.45) is -3.29. The smallest absolute Gasteiger partial charge is 0.372 e. The van der Waals surface area contributed by atoms with Gasteiger partial charge in [-0.15, -0.1) is 0 Å². The lowest BCUT2D eigenvalue weighted by molar-refractivity contribution is -0.137. The Kier molecular flexibility index (Phi) is 8.25. The minimum atomic E-state index is -4.61. The molecule has 3 rings (SSSR count). The molecule has 2 N–H and O–H groups in total. The molecule has 3 amide bonds. The number of rotatable bonds is 6. The molecule has 190 valence electrons. The van der Waals surface area contributed by atoms with Crippen molar-refractivity contribution >= 4 is 23.4 Å². The average molecular weight is 494 g/mol. The number of halogens is 3. The Labute approximate surface area is 202 Å². The van der Waals surface area contributed by atoms with Gasteiger partial charge in [0, 0.05) is 45.3 Å². The van der Waals surface area contributed by atoms with Crippen molar-refractivity contribution in [2.45, 2.75) is 32.9 Å². The molecule has 0 unspecified atom stereocenters. The molecule has 2 aliphatic rings. The van der Waals surface area contributed by atoms with E-state index in [1.807, 2.05) is 11.8 Å². The molecule has 2 atom stereocenters. The number of likely N-dealkylation sites (tertiary alicyclic amines) is 1. The lowest BCUT2D eigenvalue weighted by atomic mass is 9.78. The minimum Gasteiger partial charge on any atom is -0.372 e. The molecule has 1 aromatic rings. The molecule has 0 aromatic heterocycles. The van der Waals surface area contributed by atoms with Crippen LogP contribution in [0.4, 0.5) is 18.9 Å². The predicted octanol–water partition coefficient (Wildman–Crippen LogP) is 2.14. The number of benzene rings is 1. The molecule has 0 spiro atoms. The first kappa shape index (κ1) is 26.3. The number of nitriles is 1. The Bertz CT molecular complexity index is 999. The topological polar surface area (TPSA) is 106 Å². The predicted molar refractivity (Wildman–Crippen MR) is 122 cm³/mol. The third kappa shape index (κ3) is 6.24. The maximum Gasteiger partial charge on any atom is 0.417 e. The molecule has 0 bridgehead atoms. The zero-order chi connectivity index (χ0) is 25.8. The van der Waals surface area contributed by atoms with E-state index in [1.165, 1.54) is 19.1 Å². The van der Waals surface area contributed by atoms with Crippen LogP contribution in [0, 0.1) is 29.1 Å². The van der Waals surface area contributed by atoms with E-state index >= 15 is 0 Å². The van der Waals surface area contributed by atoms with Crippen molar-refractivity contribution in [3.63, 3.8) is 0 Å². The highest BCUT2D eigenvalue weighted by Gasteiger charge is 2.44.